The highest BCUT2D eigenvalue weighted by molar-refractivity contribution is 6.08. The minimum absolute atomic E-state index is 0.202. The van der Waals surface area contributed by atoms with Gasteiger partial charge in [0.2, 0.25) is 5.91 Å². The molecule has 1 aromatic carbocycles. The van der Waals surface area contributed by atoms with Gasteiger partial charge in [-0.25, -0.2) is 0 Å². The molecule has 1 fully saturated rings. The van der Waals surface area contributed by atoms with Crippen LogP contribution in [0.4, 0.5) is 5.69 Å². The SMILES string of the molecule is C=CC1CN(c2ccccc2)C(=O)C1C(=O)OCC. The van der Waals surface area contributed by atoms with Crippen LogP contribution in [0, 0.1) is 11.8 Å². The Morgan fingerprint density at radius 2 is 2.16 bits per heavy atom. The topological polar surface area (TPSA) is 46.6 Å². The number of hydrogen-bond acceptors (Lipinski definition) is 3. The van der Waals surface area contributed by atoms with Gasteiger partial charge in [0.25, 0.3) is 0 Å². The van der Waals surface area contributed by atoms with Crippen molar-refractivity contribution >= 4 is 17.6 Å². The average molecular weight is 259 g/mol. The van der Waals surface area contributed by atoms with E-state index in [1.54, 1.807) is 17.9 Å². The highest BCUT2D eigenvalue weighted by atomic mass is 16.5. The molecule has 4 heteroatoms. The number of anilines is 1. The molecule has 0 saturated carbocycles. The summed E-state index contributed by atoms with van der Waals surface area (Å²) >= 11 is 0. The summed E-state index contributed by atoms with van der Waals surface area (Å²) in [6.45, 7) is 6.19. The van der Waals surface area contributed by atoms with Crippen LogP contribution in [0.2, 0.25) is 0 Å². The molecular weight excluding hydrogens is 242 g/mol. The Balaban J connectivity index is 2.25. The molecule has 19 heavy (non-hydrogen) atoms. The summed E-state index contributed by atoms with van der Waals surface area (Å²) in [6.07, 6.45) is 1.66. The van der Waals surface area contributed by atoms with E-state index in [1.807, 2.05) is 30.3 Å². The summed E-state index contributed by atoms with van der Waals surface area (Å²) in [6, 6.07) is 9.32. The molecule has 1 heterocycles. The molecule has 1 aliphatic rings. The van der Waals surface area contributed by atoms with Crippen molar-refractivity contribution in [2.24, 2.45) is 11.8 Å². The van der Waals surface area contributed by atoms with Gasteiger partial charge in [-0.3, -0.25) is 9.59 Å². The summed E-state index contributed by atoms with van der Waals surface area (Å²) in [4.78, 5) is 25.9. The Hall–Kier alpha value is -2.10. The molecule has 2 unspecified atom stereocenters. The zero-order chi connectivity index (χ0) is 13.8. The first-order chi connectivity index (χ1) is 9.19. The van der Waals surface area contributed by atoms with Crippen molar-refractivity contribution in [3.05, 3.63) is 43.0 Å². The van der Waals surface area contributed by atoms with Gasteiger partial charge in [0.05, 0.1) is 6.61 Å². The normalized spacial score (nSPS) is 22.4. The number of esters is 1. The largest absolute Gasteiger partial charge is 0.465 e. The summed E-state index contributed by atoms with van der Waals surface area (Å²) < 4.78 is 4.98. The fraction of sp³-hybridized carbons (Fsp3) is 0.333. The van der Waals surface area contributed by atoms with Crippen LogP contribution >= 0.6 is 0 Å². The Morgan fingerprint density at radius 1 is 1.47 bits per heavy atom. The van der Waals surface area contributed by atoms with E-state index in [-0.39, 0.29) is 18.4 Å². The van der Waals surface area contributed by atoms with Crippen LogP contribution in [0.15, 0.2) is 43.0 Å². The molecule has 1 saturated heterocycles. The highest BCUT2D eigenvalue weighted by Gasteiger charge is 2.44. The molecule has 2 rings (SSSR count). The molecule has 4 nitrogen and oxygen atoms in total. The predicted molar refractivity (Wildman–Crippen MR) is 72.6 cm³/mol. The molecule has 0 bridgehead atoms. The van der Waals surface area contributed by atoms with Gasteiger partial charge < -0.3 is 9.64 Å². The fourth-order valence-electron chi connectivity index (χ4n) is 2.32. The average Bonchev–Trinajstić information content (AvgIpc) is 2.77. The van der Waals surface area contributed by atoms with Gasteiger partial charge in [-0.05, 0) is 19.1 Å². The van der Waals surface area contributed by atoms with Gasteiger partial charge in [-0.2, -0.15) is 0 Å². The van der Waals surface area contributed by atoms with E-state index in [9.17, 15) is 9.59 Å². The van der Waals surface area contributed by atoms with Gasteiger partial charge in [-0.15, -0.1) is 6.58 Å². The van der Waals surface area contributed by atoms with E-state index in [0.717, 1.165) is 5.69 Å². The van der Waals surface area contributed by atoms with Gasteiger partial charge >= 0.3 is 5.97 Å². The lowest BCUT2D eigenvalue weighted by molar-refractivity contribution is -0.151. The number of ether oxygens (including phenoxy) is 1. The predicted octanol–water partition coefficient (Wildman–Crippen LogP) is 2.01. The minimum atomic E-state index is -0.766. The zero-order valence-electron chi connectivity index (χ0n) is 10.9. The molecule has 1 amide bonds. The quantitative estimate of drug-likeness (QED) is 0.472. The maximum atomic E-state index is 12.4. The van der Waals surface area contributed by atoms with Gasteiger partial charge in [0.15, 0.2) is 0 Å². The summed E-state index contributed by atoms with van der Waals surface area (Å²) in [7, 11) is 0. The van der Waals surface area contributed by atoms with Crippen LogP contribution in [-0.4, -0.2) is 25.0 Å². The molecule has 0 radical (unpaired) electrons. The monoisotopic (exact) mass is 259 g/mol. The van der Waals surface area contributed by atoms with Crippen LogP contribution in [-0.2, 0) is 14.3 Å². The minimum Gasteiger partial charge on any atom is -0.465 e. The lowest BCUT2D eigenvalue weighted by Gasteiger charge is -2.16. The summed E-state index contributed by atoms with van der Waals surface area (Å²) in [5, 5.41) is 0. The first kappa shape index (κ1) is 13.3. The fourth-order valence-corrected chi connectivity index (χ4v) is 2.32. The van der Waals surface area contributed by atoms with E-state index in [4.69, 9.17) is 4.74 Å². The smallest absolute Gasteiger partial charge is 0.319 e. The van der Waals surface area contributed by atoms with E-state index in [1.165, 1.54) is 0 Å². The number of nitrogens with zero attached hydrogens (tertiary/aromatic N) is 1. The van der Waals surface area contributed by atoms with Crippen molar-refractivity contribution in [3.63, 3.8) is 0 Å². The molecular formula is C15H17NO3. The second kappa shape index (κ2) is 5.69. The van der Waals surface area contributed by atoms with Crippen LogP contribution in [0.3, 0.4) is 0 Å². The summed E-state index contributed by atoms with van der Waals surface area (Å²) in [5.74, 6) is -1.64. The third-order valence-corrected chi connectivity index (χ3v) is 3.26. The van der Waals surface area contributed by atoms with E-state index < -0.39 is 11.9 Å². The van der Waals surface area contributed by atoms with Crippen molar-refractivity contribution < 1.29 is 14.3 Å². The maximum Gasteiger partial charge on any atom is 0.319 e. The van der Waals surface area contributed by atoms with Crippen molar-refractivity contribution in [3.8, 4) is 0 Å². The first-order valence-corrected chi connectivity index (χ1v) is 6.34. The number of carbonyl (C=O) groups is 2. The standard InChI is InChI=1S/C15H17NO3/c1-3-11-10-16(12-8-6-5-7-9-12)14(17)13(11)15(18)19-4-2/h3,5-9,11,13H,1,4,10H2,2H3. The summed E-state index contributed by atoms with van der Waals surface area (Å²) in [5.41, 5.74) is 0.797. The lowest BCUT2D eigenvalue weighted by atomic mass is 9.96. The number of hydrogen-bond donors (Lipinski definition) is 0. The maximum absolute atomic E-state index is 12.4. The third-order valence-electron chi connectivity index (χ3n) is 3.26. The van der Waals surface area contributed by atoms with Crippen molar-refractivity contribution in [2.75, 3.05) is 18.1 Å². The Kier molecular flexibility index (Phi) is 4.00. The number of rotatable bonds is 4. The number of benzene rings is 1. The highest BCUT2D eigenvalue weighted by Crippen LogP contribution is 2.31. The Morgan fingerprint density at radius 3 is 2.74 bits per heavy atom. The third kappa shape index (κ3) is 2.52. The van der Waals surface area contributed by atoms with Crippen molar-refractivity contribution in [1.82, 2.24) is 0 Å². The van der Waals surface area contributed by atoms with Crippen LogP contribution in [0.25, 0.3) is 0 Å². The van der Waals surface area contributed by atoms with E-state index >= 15 is 0 Å². The molecule has 0 aromatic heterocycles. The molecule has 100 valence electrons. The van der Waals surface area contributed by atoms with E-state index in [0.29, 0.717) is 6.54 Å². The second-order valence-electron chi connectivity index (χ2n) is 4.41. The molecule has 1 aliphatic heterocycles. The molecule has 0 spiro atoms. The molecule has 2 atom stereocenters. The Bertz CT molecular complexity index is 483. The number of para-hydroxylation sites is 1. The second-order valence-corrected chi connectivity index (χ2v) is 4.41. The van der Waals surface area contributed by atoms with Crippen LogP contribution < -0.4 is 4.90 Å². The Labute approximate surface area is 112 Å². The first-order valence-electron chi connectivity index (χ1n) is 6.34. The van der Waals surface area contributed by atoms with Crippen molar-refractivity contribution in [2.45, 2.75) is 6.92 Å². The number of amides is 1. The van der Waals surface area contributed by atoms with Crippen LogP contribution in [0.1, 0.15) is 6.92 Å². The van der Waals surface area contributed by atoms with Crippen molar-refractivity contribution in [1.29, 1.82) is 0 Å². The number of carbonyl (C=O) groups excluding carboxylic acids is 2. The molecule has 0 aliphatic carbocycles. The molecule has 0 N–H and O–H groups in total. The van der Waals surface area contributed by atoms with Gasteiger partial charge in [0.1, 0.15) is 5.92 Å². The van der Waals surface area contributed by atoms with Gasteiger partial charge in [0, 0.05) is 18.2 Å². The molecule has 1 aromatic rings. The zero-order valence-corrected chi connectivity index (χ0v) is 10.9. The van der Waals surface area contributed by atoms with Gasteiger partial charge in [-0.1, -0.05) is 24.3 Å². The van der Waals surface area contributed by atoms with Crippen LogP contribution in [0.5, 0.6) is 0 Å². The lowest BCUT2D eigenvalue weighted by Crippen LogP contribution is -2.31. The van der Waals surface area contributed by atoms with E-state index in [2.05, 4.69) is 6.58 Å².